The van der Waals surface area contributed by atoms with Gasteiger partial charge < -0.3 is 10.1 Å². The number of hydrogen-bond donors (Lipinski definition) is 1. The van der Waals surface area contributed by atoms with E-state index in [2.05, 4.69) is 10.3 Å². The van der Waals surface area contributed by atoms with E-state index in [1.807, 2.05) is 5.38 Å². The second kappa shape index (κ2) is 5.34. The fourth-order valence-corrected chi connectivity index (χ4v) is 2.23. The van der Waals surface area contributed by atoms with Crippen molar-refractivity contribution in [3.8, 4) is 0 Å². The van der Waals surface area contributed by atoms with Crippen molar-refractivity contribution in [1.29, 1.82) is 0 Å². The third-order valence-electron chi connectivity index (χ3n) is 2.29. The molecule has 15 heavy (non-hydrogen) atoms. The topological polar surface area (TPSA) is 51.2 Å². The first kappa shape index (κ1) is 10.7. The molecule has 0 radical (unpaired) electrons. The number of ketones is 1. The van der Waals surface area contributed by atoms with Gasteiger partial charge in [0.25, 0.3) is 0 Å². The van der Waals surface area contributed by atoms with Gasteiger partial charge in [0.1, 0.15) is 5.78 Å². The second-order valence-corrected chi connectivity index (χ2v) is 4.52. The van der Waals surface area contributed by atoms with Gasteiger partial charge in [-0.15, -0.1) is 11.3 Å². The van der Waals surface area contributed by atoms with Crippen LogP contribution >= 0.6 is 11.3 Å². The number of carbonyl (C=O) groups is 1. The molecule has 0 aliphatic carbocycles. The van der Waals surface area contributed by atoms with Crippen molar-refractivity contribution < 1.29 is 9.53 Å². The number of nitrogens with one attached hydrogen (secondary N) is 1. The number of Topliss-reactive ketones (excluding diaryl/α,β-unsaturated/α-hetero) is 1. The van der Waals surface area contributed by atoms with Crippen LogP contribution in [0.3, 0.4) is 0 Å². The van der Waals surface area contributed by atoms with Gasteiger partial charge in [0.15, 0.2) is 0 Å². The molecular formula is C10H14N2O2S. The SMILES string of the molecule is O=C(Cc1nccs1)CC1CNCCO1. The number of aromatic nitrogens is 1. The van der Waals surface area contributed by atoms with Crippen molar-refractivity contribution in [2.75, 3.05) is 19.7 Å². The molecule has 1 aromatic rings. The van der Waals surface area contributed by atoms with Crippen molar-refractivity contribution in [3.63, 3.8) is 0 Å². The highest BCUT2D eigenvalue weighted by Crippen LogP contribution is 2.09. The van der Waals surface area contributed by atoms with E-state index in [0.717, 1.165) is 18.1 Å². The van der Waals surface area contributed by atoms with Crippen LogP contribution in [0.25, 0.3) is 0 Å². The van der Waals surface area contributed by atoms with Crippen LogP contribution in [0.2, 0.25) is 0 Å². The number of hydrogen-bond acceptors (Lipinski definition) is 5. The lowest BCUT2D eigenvalue weighted by atomic mass is 10.1. The maximum Gasteiger partial charge on any atom is 0.142 e. The average molecular weight is 226 g/mol. The van der Waals surface area contributed by atoms with Gasteiger partial charge in [-0.25, -0.2) is 4.98 Å². The summed E-state index contributed by atoms with van der Waals surface area (Å²) in [5, 5.41) is 5.99. The Balaban J connectivity index is 1.76. The molecule has 0 amide bonds. The van der Waals surface area contributed by atoms with E-state index in [-0.39, 0.29) is 11.9 Å². The number of thiazole rings is 1. The molecule has 2 heterocycles. The molecule has 0 aromatic carbocycles. The van der Waals surface area contributed by atoms with E-state index in [1.165, 1.54) is 11.3 Å². The summed E-state index contributed by atoms with van der Waals surface area (Å²) in [5.41, 5.74) is 0. The van der Waals surface area contributed by atoms with Gasteiger partial charge in [-0.1, -0.05) is 0 Å². The molecule has 1 fully saturated rings. The summed E-state index contributed by atoms with van der Waals surface area (Å²) in [7, 11) is 0. The molecule has 0 bridgehead atoms. The number of morpholine rings is 1. The largest absolute Gasteiger partial charge is 0.375 e. The van der Waals surface area contributed by atoms with E-state index in [1.54, 1.807) is 6.20 Å². The van der Waals surface area contributed by atoms with Crippen LogP contribution in [0.15, 0.2) is 11.6 Å². The van der Waals surface area contributed by atoms with Crippen molar-refractivity contribution in [1.82, 2.24) is 10.3 Å². The van der Waals surface area contributed by atoms with E-state index >= 15 is 0 Å². The standard InChI is InChI=1S/C10H14N2O2S/c13-8(6-10-12-2-4-15-10)5-9-7-11-1-3-14-9/h2,4,9,11H,1,3,5-7H2. The normalized spacial score (nSPS) is 21.5. The molecule has 0 saturated carbocycles. The van der Waals surface area contributed by atoms with Crippen LogP contribution in [-0.2, 0) is 16.0 Å². The van der Waals surface area contributed by atoms with Gasteiger partial charge in [-0.2, -0.15) is 0 Å². The third kappa shape index (κ3) is 3.37. The lowest BCUT2D eigenvalue weighted by molar-refractivity contribution is -0.121. The molecule has 5 heteroatoms. The van der Waals surface area contributed by atoms with Crippen molar-refractivity contribution in [2.45, 2.75) is 18.9 Å². The molecule has 1 aliphatic heterocycles. The molecule has 82 valence electrons. The molecule has 4 nitrogen and oxygen atoms in total. The molecule has 2 rings (SSSR count). The Labute approximate surface area is 92.7 Å². The Morgan fingerprint density at radius 2 is 2.67 bits per heavy atom. The molecule has 1 aliphatic rings. The van der Waals surface area contributed by atoms with Crippen LogP contribution < -0.4 is 5.32 Å². The van der Waals surface area contributed by atoms with Crippen molar-refractivity contribution in [3.05, 3.63) is 16.6 Å². The molecule has 0 spiro atoms. The summed E-state index contributed by atoms with van der Waals surface area (Å²) in [4.78, 5) is 15.7. The molecule has 1 aromatic heterocycles. The van der Waals surface area contributed by atoms with E-state index < -0.39 is 0 Å². The Morgan fingerprint density at radius 3 is 3.33 bits per heavy atom. The van der Waals surface area contributed by atoms with Crippen LogP contribution in [-0.4, -0.2) is 36.6 Å². The number of rotatable bonds is 4. The van der Waals surface area contributed by atoms with Crippen LogP contribution in [0, 0.1) is 0 Å². The van der Waals surface area contributed by atoms with E-state index in [4.69, 9.17) is 4.74 Å². The third-order valence-corrected chi connectivity index (χ3v) is 3.07. The fourth-order valence-electron chi connectivity index (χ4n) is 1.59. The summed E-state index contributed by atoms with van der Waals surface area (Å²) >= 11 is 1.52. The minimum atomic E-state index is 0.0474. The molecule has 1 N–H and O–H groups in total. The number of carbonyl (C=O) groups excluding carboxylic acids is 1. The van der Waals surface area contributed by atoms with E-state index in [9.17, 15) is 4.79 Å². The highest BCUT2D eigenvalue weighted by molar-refractivity contribution is 7.09. The summed E-state index contributed by atoms with van der Waals surface area (Å²) in [6.45, 7) is 2.37. The van der Waals surface area contributed by atoms with Crippen molar-refractivity contribution >= 4 is 17.1 Å². The molecule has 1 atom stereocenters. The molecule has 1 saturated heterocycles. The van der Waals surface area contributed by atoms with Crippen molar-refractivity contribution in [2.24, 2.45) is 0 Å². The Hall–Kier alpha value is -0.780. The number of ether oxygens (including phenoxy) is 1. The smallest absolute Gasteiger partial charge is 0.142 e. The highest BCUT2D eigenvalue weighted by Gasteiger charge is 2.17. The summed E-state index contributed by atoms with van der Waals surface area (Å²) in [6.07, 6.45) is 2.71. The van der Waals surface area contributed by atoms with Gasteiger partial charge in [-0.05, 0) is 0 Å². The Bertz CT molecular complexity index is 307. The summed E-state index contributed by atoms with van der Waals surface area (Å²) in [5.74, 6) is 0.207. The minimum Gasteiger partial charge on any atom is -0.375 e. The van der Waals surface area contributed by atoms with Crippen LogP contribution in [0.5, 0.6) is 0 Å². The van der Waals surface area contributed by atoms with Crippen LogP contribution in [0.4, 0.5) is 0 Å². The first-order valence-corrected chi connectivity index (χ1v) is 5.95. The summed E-state index contributed by atoms with van der Waals surface area (Å²) in [6, 6.07) is 0. The highest BCUT2D eigenvalue weighted by atomic mass is 32.1. The molecule has 1 unspecified atom stereocenters. The monoisotopic (exact) mass is 226 g/mol. The van der Waals surface area contributed by atoms with Crippen LogP contribution in [0.1, 0.15) is 11.4 Å². The zero-order chi connectivity index (χ0) is 10.5. The lowest BCUT2D eigenvalue weighted by Gasteiger charge is -2.22. The van der Waals surface area contributed by atoms with Gasteiger partial charge in [0, 0.05) is 31.1 Å². The first-order valence-electron chi connectivity index (χ1n) is 5.07. The maximum atomic E-state index is 11.6. The first-order chi connectivity index (χ1) is 7.34. The van der Waals surface area contributed by atoms with Gasteiger partial charge in [-0.3, -0.25) is 4.79 Å². The average Bonchev–Trinajstić information content (AvgIpc) is 2.71. The quantitative estimate of drug-likeness (QED) is 0.818. The van der Waals surface area contributed by atoms with Gasteiger partial charge in [0.05, 0.1) is 24.1 Å². The maximum absolute atomic E-state index is 11.6. The minimum absolute atomic E-state index is 0.0474. The van der Waals surface area contributed by atoms with Gasteiger partial charge in [0.2, 0.25) is 0 Å². The van der Waals surface area contributed by atoms with E-state index in [0.29, 0.717) is 19.4 Å². The lowest BCUT2D eigenvalue weighted by Crippen LogP contribution is -2.39. The number of nitrogens with zero attached hydrogens (tertiary/aromatic N) is 1. The molecular weight excluding hydrogens is 212 g/mol. The summed E-state index contributed by atoms with van der Waals surface area (Å²) < 4.78 is 5.47. The second-order valence-electron chi connectivity index (χ2n) is 3.54. The van der Waals surface area contributed by atoms with Gasteiger partial charge >= 0.3 is 0 Å². The Kier molecular flexibility index (Phi) is 3.82. The fraction of sp³-hybridized carbons (Fsp3) is 0.600. The predicted molar refractivity (Wildman–Crippen MR) is 58.1 cm³/mol. The zero-order valence-electron chi connectivity index (χ0n) is 8.44. The zero-order valence-corrected chi connectivity index (χ0v) is 9.26. The Morgan fingerprint density at radius 1 is 1.73 bits per heavy atom. The predicted octanol–water partition coefficient (Wildman–Crippen LogP) is 0.633.